The van der Waals surface area contributed by atoms with Crippen molar-refractivity contribution in [3.8, 4) is 0 Å². The van der Waals surface area contributed by atoms with Crippen molar-refractivity contribution >= 4 is 12.7 Å². The number of hydrogen-bond acceptors (Lipinski definition) is 2. The number of carbonyl (C=O) groups excluding carboxylic acids is 1. The highest BCUT2D eigenvalue weighted by molar-refractivity contribution is 5.72. The van der Waals surface area contributed by atoms with Gasteiger partial charge in [0.1, 0.15) is 6.20 Å². The summed E-state index contributed by atoms with van der Waals surface area (Å²) in [5.74, 6) is 0. The molecule has 4 heteroatoms. The van der Waals surface area contributed by atoms with Gasteiger partial charge < -0.3 is 9.38 Å². The average Bonchev–Trinajstić information content (AvgIpc) is 2.34. The molecule has 1 aliphatic heterocycles. The zero-order valence-electron chi connectivity index (χ0n) is 11.4. The van der Waals surface area contributed by atoms with Gasteiger partial charge in [0.25, 0.3) is 0 Å². The SMILES string of the molecule is CC1=C[N+](C)(C)CCC(C)=C1N=CN(C)C=O. The second kappa shape index (κ2) is 5.27. The molecule has 0 saturated heterocycles. The maximum absolute atomic E-state index is 10.5. The van der Waals surface area contributed by atoms with Crippen molar-refractivity contribution in [1.82, 2.24) is 4.90 Å². The van der Waals surface area contributed by atoms with Crippen LogP contribution in [0.1, 0.15) is 20.3 Å². The van der Waals surface area contributed by atoms with Gasteiger partial charge in [-0.3, -0.25) is 4.79 Å². The topological polar surface area (TPSA) is 32.7 Å². The first-order valence-corrected chi connectivity index (χ1v) is 5.79. The summed E-state index contributed by atoms with van der Waals surface area (Å²) < 4.78 is 0.867. The van der Waals surface area contributed by atoms with E-state index in [1.807, 2.05) is 0 Å². The van der Waals surface area contributed by atoms with Gasteiger partial charge in [-0.15, -0.1) is 0 Å². The molecule has 0 radical (unpaired) electrons. The van der Waals surface area contributed by atoms with Gasteiger partial charge >= 0.3 is 0 Å². The Kier molecular flexibility index (Phi) is 4.23. The van der Waals surface area contributed by atoms with Crippen molar-refractivity contribution in [2.75, 3.05) is 27.7 Å². The third-order valence-electron chi connectivity index (χ3n) is 2.92. The molecule has 0 spiro atoms. The summed E-state index contributed by atoms with van der Waals surface area (Å²) in [6.45, 7) is 5.25. The van der Waals surface area contributed by atoms with E-state index in [1.54, 1.807) is 13.4 Å². The third-order valence-corrected chi connectivity index (χ3v) is 2.92. The lowest BCUT2D eigenvalue weighted by molar-refractivity contribution is -0.838. The predicted molar refractivity (Wildman–Crippen MR) is 70.4 cm³/mol. The quantitative estimate of drug-likeness (QED) is 0.318. The molecule has 0 saturated carbocycles. The van der Waals surface area contributed by atoms with E-state index in [2.05, 4.69) is 39.1 Å². The summed E-state index contributed by atoms with van der Waals surface area (Å²) in [5, 5.41) is 0. The minimum atomic E-state index is 0.745. The fourth-order valence-corrected chi connectivity index (χ4v) is 1.95. The first kappa shape index (κ1) is 13.6. The highest BCUT2D eigenvalue weighted by Gasteiger charge is 2.19. The van der Waals surface area contributed by atoms with Gasteiger partial charge in [-0.05, 0) is 19.4 Å². The van der Waals surface area contributed by atoms with Crippen molar-refractivity contribution in [3.63, 3.8) is 0 Å². The first-order valence-electron chi connectivity index (χ1n) is 5.79. The summed E-state index contributed by atoms with van der Waals surface area (Å²) >= 11 is 0. The number of nitrogens with zero attached hydrogens (tertiary/aromatic N) is 3. The molecule has 1 rings (SSSR count). The molecule has 1 heterocycles. The second-order valence-corrected chi connectivity index (χ2v) is 5.21. The van der Waals surface area contributed by atoms with Gasteiger partial charge in [0.15, 0.2) is 0 Å². The van der Waals surface area contributed by atoms with Crippen LogP contribution >= 0.6 is 0 Å². The van der Waals surface area contributed by atoms with Crippen molar-refractivity contribution in [2.24, 2.45) is 4.99 Å². The number of aliphatic imine (C=N–C) groups is 1. The van der Waals surface area contributed by atoms with E-state index >= 15 is 0 Å². The molecular weight excluding hydrogens is 214 g/mol. The molecule has 0 atom stereocenters. The molecular formula is C13H22N3O+. The molecule has 0 aromatic rings. The molecule has 1 aliphatic rings. The van der Waals surface area contributed by atoms with E-state index < -0.39 is 0 Å². The van der Waals surface area contributed by atoms with Crippen LogP contribution in [-0.4, -0.2) is 49.8 Å². The minimum Gasteiger partial charge on any atom is -0.309 e. The minimum absolute atomic E-state index is 0.745. The van der Waals surface area contributed by atoms with Crippen LogP contribution in [0, 0.1) is 0 Å². The van der Waals surface area contributed by atoms with Crippen molar-refractivity contribution in [2.45, 2.75) is 20.3 Å². The Hall–Kier alpha value is -1.42. The standard InChI is InChI=1S/C13H22N3O/c1-11-6-7-16(4,5)8-12(2)13(11)14-9-15(3)10-17/h8-10H,6-7H2,1-5H3/q+1. The second-order valence-electron chi connectivity index (χ2n) is 5.21. The molecule has 0 aliphatic carbocycles. The Morgan fingerprint density at radius 2 is 2.06 bits per heavy atom. The maximum Gasteiger partial charge on any atom is 0.214 e. The molecule has 0 unspecified atom stereocenters. The van der Waals surface area contributed by atoms with Crippen molar-refractivity contribution in [1.29, 1.82) is 0 Å². The van der Waals surface area contributed by atoms with Gasteiger partial charge in [-0.2, -0.15) is 0 Å². The maximum atomic E-state index is 10.5. The summed E-state index contributed by atoms with van der Waals surface area (Å²) in [4.78, 5) is 16.3. The number of carbonyl (C=O) groups is 1. The van der Waals surface area contributed by atoms with Gasteiger partial charge in [0.2, 0.25) is 6.41 Å². The van der Waals surface area contributed by atoms with Crippen LogP contribution in [0.25, 0.3) is 0 Å². The number of allylic oxidation sites excluding steroid dienone is 1. The summed E-state index contributed by atoms with van der Waals surface area (Å²) in [6.07, 6.45) is 5.55. The Morgan fingerprint density at radius 3 is 2.65 bits per heavy atom. The third kappa shape index (κ3) is 3.82. The van der Waals surface area contributed by atoms with Gasteiger partial charge in [-0.1, -0.05) is 0 Å². The Labute approximate surface area is 104 Å². The highest BCUT2D eigenvalue weighted by Crippen LogP contribution is 2.24. The van der Waals surface area contributed by atoms with E-state index in [1.165, 1.54) is 16.0 Å². The van der Waals surface area contributed by atoms with Gasteiger partial charge in [0, 0.05) is 19.0 Å². The largest absolute Gasteiger partial charge is 0.309 e. The zero-order chi connectivity index (χ0) is 13.1. The van der Waals surface area contributed by atoms with Crippen LogP contribution in [0.5, 0.6) is 0 Å². The van der Waals surface area contributed by atoms with Crippen LogP contribution in [0.15, 0.2) is 28.0 Å². The lowest BCUT2D eigenvalue weighted by Gasteiger charge is -2.23. The van der Waals surface area contributed by atoms with E-state index in [-0.39, 0.29) is 0 Å². The Bertz CT molecular complexity index is 391. The fraction of sp³-hybridized carbons (Fsp3) is 0.538. The Balaban J connectivity index is 3.02. The fourth-order valence-electron chi connectivity index (χ4n) is 1.95. The van der Waals surface area contributed by atoms with E-state index in [0.29, 0.717) is 0 Å². The normalized spacial score (nSPS) is 20.2. The first-order chi connectivity index (χ1) is 7.85. The molecule has 94 valence electrons. The number of amides is 1. The summed E-state index contributed by atoms with van der Waals surface area (Å²) in [5.41, 5.74) is 3.45. The van der Waals surface area contributed by atoms with E-state index in [9.17, 15) is 4.79 Å². The smallest absolute Gasteiger partial charge is 0.214 e. The number of hydrogen-bond donors (Lipinski definition) is 0. The van der Waals surface area contributed by atoms with E-state index in [4.69, 9.17) is 0 Å². The number of rotatable bonds is 3. The number of quaternary nitrogens is 1. The van der Waals surface area contributed by atoms with Crippen LogP contribution < -0.4 is 0 Å². The molecule has 0 N–H and O–H groups in total. The van der Waals surface area contributed by atoms with Crippen LogP contribution in [-0.2, 0) is 4.79 Å². The molecule has 1 amide bonds. The van der Waals surface area contributed by atoms with E-state index in [0.717, 1.165) is 29.6 Å². The monoisotopic (exact) mass is 236 g/mol. The average molecular weight is 236 g/mol. The molecule has 0 fully saturated rings. The van der Waals surface area contributed by atoms with Crippen molar-refractivity contribution in [3.05, 3.63) is 23.0 Å². The van der Waals surface area contributed by atoms with Crippen LogP contribution in [0.4, 0.5) is 0 Å². The molecule has 0 aromatic heterocycles. The lowest BCUT2D eigenvalue weighted by Crippen LogP contribution is -2.33. The molecule has 17 heavy (non-hydrogen) atoms. The van der Waals surface area contributed by atoms with Crippen LogP contribution in [0.2, 0.25) is 0 Å². The van der Waals surface area contributed by atoms with Crippen molar-refractivity contribution < 1.29 is 9.28 Å². The van der Waals surface area contributed by atoms with Gasteiger partial charge in [0.05, 0.1) is 32.7 Å². The lowest BCUT2D eigenvalue weighted by atomic mass is 10.1. The molecule has 0 aromatic carbocycles. The highest BCUT2D eigenvalue weighted by atomic mass is 16.1. The predicted octanol–water partition coefficient (Wildman–Crippen LogP) is 1.76. The van der Waals surface area contributed by atoms with Gasteiger partial charge in [-0.25, -0.2) is 4.99 Å². The summed E-state index contributed by atoms with van der Waals surface area (Å²) in [6, 6.07) is 0. The Morgan fingerprint density at radius 1 is 1.41 bits per heavy atom. The van der Waals surface area contributed by atoms with Crippen LogP contribution in [0.3, 0.4) is 0 Å². The molecule has 0 bridgehead atoms. The zero-order valence-corrected chi connectivity index (χ0v) is 11.4. The molecule has 4 nitrogen and oxygen atoms in total. The summed E-state index contributed by atoms with van der Waals surface area (Å²) in [7, 11) is 6.05.